The van der Waals surface area contributed by atoms with Crippen LogP contribution >= 0.6 is 0 Å². The number of hydrogen-bond donors (Lipinski definition) is 1. The summed E-state index contributed by atoms with van der Waals surface area (Å²) in [4.78, 5) is 2.45. The van der Waals surface area contributed by atoms with Crippen LogP contribution in [0.4, 0.5) is 5.69 Å². The van der Waals surface area contributed by atoms with E-state index in [0.717, 1.165) is 12.5 Å². The molecule has 1 N–H and O–H groups in total. The molecule has 2 rings (SSSR count). The Bertz CT molecular complexity index is 371. The molecule has 0 amide bonds. The molecular weight excluding hydrogens is 232 g/mol. The van der Waals surface area contributed by atoms with E-state index in [4.69, 9.17) is 0 Å². The second-order valence-corrected chi connectivity index (χ2v) is 6.08. The summed E-state index contributed by atoms with van der Waals surface area (Å²) < 4.78 is 0. The largest absolute Gasteiger partial charge is 0.385 e. The van der Waals surface area contributed by atoms with Gasteiger partial charge >= 0.3 is 0 Å². The second kappa shape index (κ2) is 6.95. The predicted molar refractivity (Wildman–Crippen MR) is 83.9 cm³/mol. The Kier molecular flexibility index (Phi) is 5.26. The lowest BCUT2D eigenvalue weighted by Gasteiger charge is -2.30. The van der Waals surface area contributed by atoms with Gasteiger partial charge in [0.15, 0.2) is 0 Å². The molecule has 2 unspecified atom stereocenters. The van der Waals surface area contributed by atoms with E-state index >= 15 is 0 Å². The fraction of sp³-hybridized carbons (Fsp3) is 0.647. The Morgan fingerprint density at radius 3 is 2.68 bits per heavy atom. The summed E-state index contributed by atoms with van der Waals surface area (Å²) in [7, 11) is 2.23. The van der Waals surface area contributed by atoms with Crippen LogP contribution in [0.25, 0.3) is 0 Å². The number of nitrogens with one attached hydrogen (secondary N) is 1. The highest BCUT2D eigenvalue weighted by atomic mass is 15.1. The Labute approximate surface area is 118 Å². The molecule has 0 aromatic heterocycles. The molecule has 1 fully saturated rings. The van der Waals surface area contributed by atoms with E-state index in [-0.39, 0.29) is 0 Å². The average Bonchev–Trinajstić information content (AvgIpc) is 2.45. The van der Waals surface area contributed by atoms with Crippen molar-refractivity contribution in [3.63, 3.8) is 0 Å². The molecule has 1 aromatic rings. The summed E-state index contributed by atoms with van der Waals surface area (Å²) in [5, 5.41) is 3.59. The number of anilines is 1. The maximum Gasteiger partial charge on any atom is 0.0340 e. The predicted octanol–water partition coefficient (Wildman–Crippen LogP) is 3.95. The zero-order chi connectivity index (χ0) is 13.7. The highest BCUT2D eigenvalue weighted by Gasteiger charge is 2.16. The number of rotatable bonds is 5. The summed E-state index contributed by atoms with van der Waals surface area (Å²) in [5.74, 6) is 1.47. The van der Waals surface area contributed by atoms with Gasteiger partial charge in [-0.05, 0) is 62.4 Å². The van der Waals surface area contributed by atoms with E-state index in [1.165, 1.54) is 43.6 Å². The quantitative estimate of drug-likeness (QED) is 0.862. The minimum absolute atomic E-state index is 0.668. The first-order valence-electron chi connectivity index (χ1n) is 7.71. The topological polar surface area (TPSA) is 15.3 Å². The van der Waals surface area contributed by atoms with Gasteiger partial charge in [-0.15, -0.1) is 0 Å². The van der Waals surface area contributed by atoms with Gasteiger partial charge in [0.1, 0.15) is 0 Å². The molecule has 2 nitrogen and oxygen atoms in total. The fourth-order valence-electron chi connectivity index (χ4n) is 2.87. The smallest absolute Gasteiger partial charge is 0.0340 e. The second-order valence-electron chi connectivity index (χ2n) is 6.08. The van der Waals surface area contributed by atoms with E-state index in [2.05, 4.69) is 55.4 Å². The SMILES string of the molecule is CCC(C)c1ccc(NCC2CCCN(C)C2)cc1. The molecule has 0 aliphatic carbocycles. The van der Waals surface area contributed by atoms with Crippen LogP contribution in [0.1, 0.15) is 44.6 Å². The Balaban J connectivity index is 1.82. The van der Waals surface area contributed by atoms with Crippen LogP contribution in [0.15, 0.2) is 24.3 Å². The molecule has 106 valence electrons. The Hall–Kier alpha value is -1.02. The van der Waals surface area contributed by atoms with E-state index in [1.807, 2.05) is 0 Å². The maximum absolute atomic E-state index is 3.59. The van der Waals surface area contributed by atoms with Crippen molar-refractivity contribution in [2.24, 2.45) is 5.92 Å². The highest BCUT2D eigenvalue weighted by molar-refractivity contribution is 5.45. The van der Waals surface area contributed by atoms with E-state index in [1.54, 1.807) is 0 Å². The first kappa shape index (κ1) is 14.4. The van der Waals surface area contributed by atoms with Crippen molar-refractivity contribution >= 4 is 5.69 Å². The number of nitrogens with zero attached hydrogens (tertiary/aromatic N) is 1. The van der Waals surface area contributed by atoms with Crippen LogP contribution in [0.3, 0.4) is 0 Å². The molecule has 0 spiro atoms. The number of benzene rings is 1. The Morgan fingerprint density at radius 1 is 1.32 bits per heavy atom. The minimum Gasteiger partial charge on any atom is -0.385 e. The van der Waals surface area contributed by atoms with Crippen molar-refractivity contribution in [2.45, 2.75) is 39.0 Å². The van der Waals surface area contributed by atoms with Gasteiger partial charge < -0.3 is 10.2 Å². The third-order valence-corrected chi connectivity index (χ3v) is 4.41. The lowest BCUT2D eigenvalue weighted by molar-refractivity contribution is 0.217. The molecule has 1 heterocycles. The van der Waals surface area contributed by atoms with E-state index < -0.39 is 0 Å². The first-order valence-corrected chi connectivity index (χ1v) is 7.71. The monoisotopic (exact) mass is 260 g/mol. The normalized spacial score (nSPS) is 22.2. The van der Waals surface area contributed by atoms with Gasteiger partial charge in [-0.25, -0.2) is 0 Å². The zero-order valence-corrected chi connectivity index (χ0v) is 12.7. The summed E-state index contributed by atoms with van der Waals surface area (Å²) in [5.41, 5.74) is 2.71. The molecule has 1 saturated heterocycles. The zero-order valence-electron chi connectivity index (χ0n) is 12.7. The third kappa shape index (κ3) is 4.24. The van der Waals surface area contributed by atoms with Crippen LogP contribution in [0, 0.1) is 5.92 Å². The van der Waals surface area contributed by atoms with Gasteiger partial charge in [0.2, 0.25) is 0 Å². The van der Waals surface area contributed by atoms with Crippen molar-refractivity contribution in [3.05, 3.63) is 29.8 Å². The molecule has 0 bridgehead atoms. The van der Waals surface area contributed by atoms with Crippen LogP contribution < -0.4 is 5.32 Å². The number of likely N-dealkylation sites (tertiary alicyclic amines) is 1. The summed E-state index contributed by atoms with van der Waals surface area (Å²) in [6, 6.07) is 9.00. The van der Waals surface area contributed by atoms with E-state index in [9.17, 15) is 0 Å². The molecule has 1 aromatic carbocycles. The average molecular weight is 260 g/mol. The Morgan fingerprint density at radius 2 is 2.05 bits per heavy atom. The van der Waals surface area contributed by atoms with Gasteiger partial charge in [0, 0.05) is 18.8 Å². The van der Waals surface area contributed by atoms with Crippen molar-refractivity contribution in [3.8, 4) is 0 Å². The van der Waals surface area contributed by atoms with Crippen LogP contribution in [0.2, 0.25) is 0 Å². The molecule has 1 aliphatic rings. The molecule has 19 heavy (non-hydrogen) atoms. The first-order chi connectivity index (χ1) is 9.19. The van der Waals surface area contributed by atoms with Crippen LogP contribution in [-0.4, -0.2) is 31.6 Å². The van der Waals surface area contributed by atoms with Gasteiger partial charge in [0.05, 0.1) is 0 Å². The summed E-state index contributed by atoms with van der Waals surface area (Å²) in [6.45, 7) is 8.14. The van der Waals surface area contributed by atoms with Crippen LogP contribution in [0.5, 0.6) is 0 Å². The molecule has 0 radical (unpaired) electrons. The third-order valence-electron chi connectivity index (χ3n) is 4.41. The van der Waals surface area contributed by atoms with Crippen molar-refractivity contribution in [2.75, 3.05) is 32.0 Å². The van der Waals surface area contributed by atoms with Gasteiger partial charge in [-0.2, -0.15) is 0 Å². The summed E-state index contributed by atoms with van der Waals surface area (Å²) in [6.07, 6.45) is 3.92. The number of hydrogen-bond acceptors (Lipinski definition) is 2. The van der Waals surface area contributed by atoms with Crippen molar-refractivity contribution < 1.29 is 0 Å². The highest BCUT2D eigenvalue weighted by Crippen LogP contribution is 2.21. The summed E-state index contributed by atoms with van der Waals surface area (Å²) >= 11 is 0. The van der Waals surface area contributed by atoms with Gasteiger partial charge in [-0.3, -0.25) is 0 Å². The molecule has 1 aliphatic heterocycles. The maximum atomic E-state index is 3.59. The molecule has 0 saturated carbocycles. The molecule has 2 atom stereocenters. The number of piperidine rings is 1. The van der Waals surface area contributed by atoms with Crippen molar-refractivity contribution in [1.29, 1.82) is 0 Å². The lowest BCUT2D eigenvalue weighted by Crippen LogP contribution is -2.35. The lowest BCUT2D eigenvalue weighted by atomic mass is 9.97. The molecule has 2 heteroatoms. The fourth-order valence-corrected chi connectivity index (χ4v) is 2.87. The molecular formula is C17H28N2. The van der Waals surface area contributed by atoms with Crippen LogP contribution in [-0.2, 0) is 0 Å². The standard InChI is InChI=1S/C17H28N2/c1-4-14(2)16-7-9-17(10-8-16)18-12-15-6-5-11-19(3)13-15/h7-10,14-15,18H,4-6,11-13H2,1-3H3. The minimum atomic E-state index is 0.668. The van der Waals surface area contributed by atoms with E-state index in [0.29, 0.717) is 5.92 Å². The van der Waals surface area contributed by atoms with Gasteiger partial charge in [0.25, 0.3) is 0 Å². The van der Waals surface area contributed by atoms with Gasteiger partial charge in [-0.1, -0.05) is 26.0 Å². The van der Waals surface area contributed by atoms with Crippen molar-refractivity contribution in [1.82, 2.24) is 4.90 Å².